The minimum absolute atomic E-state index is 0.310. The Morgan fingerprint density at radius 1 is 1.33 bits per heavy atom. The summed E-state index contributed by atoms with van der Waals surface area (Å²) in [4.78, 5) is 11.4. The lowest BCUT2D eigenvalue weighted by Gasteiger charge is -2.39. The van der Waals surface area contributed by atoms with E-state index in [1.807, 2.05) is 6.07 Å². The molecule has 0 aromatic carbocycles. The molecule has 0 bridgehead atoms. The maximum Gasteiger partial charge on any atom is 0.135 e. The fraction of sp³-hybridized carbons (Fsp3) is 0.714. The second kappa shape index (κ2) is 5.12. The molecule has 0 saturated carbocycles. The summed E-state index contributed by atoms with van der Waals surface area (Å²) in [5, 5.41) is 0. The molecule has 1 aromatic rings. The van der Waals surface area contributed by atoms with E-state index in [1.165, 1.54) is 12.8 Å². The molecule has 0 aliphatic carbocycles. The zero-order chi connectivity index (χ0) is 13.3. The molecule has 2 rings (SSSR count). The molecule has 100 valence electrons. The number of anilines is 2. The Morgan fingerprint density at radius 2 is 2.06 bits per heavy atom. The van der Waals surface area contributed by atoms with E-state index in [-0.39, 0.29) is 0 Å². The van der Waals surface area contributed by atoms with Gasteiger partial charge in [-0.15, -0.1) is 0 Å². The highest BCUT2D eigenvalue weighted by atomic mass is 15.2. The summed E-state index contributed by atoms with van der Waals surface area (Å²) in [6.07, 6.45) is 2.53. The van der Waals surface area contributed by atoms with E-state index in [4.69, 9.17) is 5.73 Å². The third-order valence-corrected chi connectivity index (χ3v) is 3.93. The molecule has 0 spiro atoms. The Morgan fingerprint density at radius 3 is 2.72 bits per heavy atom. The van der Waals surface area contributed by atoms with Gasteiger partial charge in [0.05, 0.1) is 0 Å². The van der Waals surface area contributed by atoms with Gasteiger partial charge in [0.1, 0.15) is 17.5 Å². The monoisotopic (exact) mass is 248 g/mol. The van der Waals surface area contributed by atoms with Crippen LogP contribution in [0.2, 0.25) is 0 Å². The van der Waals surface area contributed by atoms with Gasteiger partial charge in [0, 0.05) is 24.6 Å². The Kier molecular flexibility index (Phi) is 3.73. The molecule has 0 amide bonds. The molecule has 2 N–H and O–H groups in total. The van der Waals surface area contributed by atoms with E-state index in [1.54, 1.807) is 0 Å². The lowest BCUT2D eigenvalue weighted by Crippen LogP contribution is -2.43. The first-order chi connectivity index (χ1) is 8.49. The van der Waals surface area contributed by atoms with Crippen molar-refractivity contribution in [3.8, 4) is 0 Å². The van der Waals surface area contributed by atoms with Crippen LogP contribution in [0, 0.1) is 5.92 Å². The quantitative estimate of drug-likeness (QED) is 0.874. The van der Waals surface area contributed by atoms with Crippen molar-refractivity contribution >= 4 is 11.6 Å². The van der Waals surface area contributed by atoms with Gasteiger partial charge in [0.25, 0.3) is 0 Å². The molecule has 1 aliphatic heterocycles. The van der Waals surface area contributed by atoms with Crippen molar-refractivity contribution in [1.82, 2.24) is 9.97 Å². The minimum Gasteiger partial charge on any atom is -0.384 e. The normalized spacial score (nSPS) is 24.6. The van der Waals surface area contributed by atoms with Crippen LogP contribution in [0.4, 0.5) is 11.6 Å². The van der Waals surface area contributed by atoms with Crippen LogP contribution in [0.15, 0.2) is 6.07 Å². The number of nitrogens with zero attached hydrogens (tertiary/aromatic N) is 3. The summed E-state index contributed by atoms with van der Waals surface area (Å²) >= 11 is 0. The largest absolute Gasteiger partial charge is 0.384 e. The second-order valence-corrected chi connectivity index (χ2v) is 5.72. The summed E-state index contributed by atoms with van der Waals surface area (Å²) in [6, 6.07) is 2.42. The lowest BCUT2D eigenvalue weighted by atomic mass is 9.92. The molecule has 2 atom stereocenters. The Bertz CT molecular complexity index is 416. The summed E-state index contributed by atoms with van der Waals surface area (Å²) < 4.78 is 0. The van der Waals surface area contributed by atoms with Crippen LogP contribution in [0.3, 0.4) is 0 Å². The highest BCUT2D eigenvalue weighted by molar-refractivity contribution is 5.48. The molecular weight excluding hydrogens is 224 g/mol. The minimum atomic E-state index is 0.310. The van der Waals surface area contributed by atoms with Gasteiger partial charge in [0.15, 0.2) is 0 Å². The SMILES string of the molecule is CC(C)c1nc(N)cc(N2CCCC(C)C2C)n1. The second-order valence-electron chi connectivity index (χ2n) is 5.72. The fourth-order valence-electron chi connectivity index (χ4n) is 2.54. The molecule has 4 heteroatoms. The Balaban J connectivity index is 2.32. The van der Waals surface area contributed by atoms with Crippen molar-refractivity contribution in [3.63, 3.8) is 0 Å². The lowest BCUT2D eigenvalue weighted by molar-refractivity contribution is 0.361. The molecule has 4 nitrogen and oxygen atoms in total. The van der Waals surface area contributed by atoms with Crippen LogP contribution in [0.1, 0.15) is 52.3 Å². The van der Waals surface area contributed by atoms with E-state index in [0.29, 0.717) is 23.7 Å². The summed E-state index contributed by atoms with van der Waals surface area (Å²) in [7, 11) is 0. The maximum atomic E-state index is 5.91. The molecule has 2 heterocycles. The summed E-state index contributed by atoms with van der Waals surface area (Å²) in [5.74, 6) is 3.43. The van der Waals surface area contributed by atoms with Crippen LogP contribution in [0.5, 0.6) is 0 Å². The number of rotatable bonds is 2. The zero-order valence-corrected chi connectivity index (χ0v) is 11.8. The van der Waals surface area contributed by atoms with Crippen LogP contribution < -0.4 is 10.6 Å². The van der Waals surface area contributed by atoms with E-state index in [9.17, 15) is 0 Å². The van der Waals surface area contributed by atoms with Gasteiger partial charge in [-0.1, -0.05) is 20.8 Å². The number of piperidine rings is 1. The summed E-state index contributed by atoms with van der Waals surface area (Å²) in [5.41, 5.74) is 5.91. The van der Waals surface area contributed by atoms with E-state index in [2.05, 4.69) is 42.6 Å². The topological polar surface area (TPSA) is 55.0 Å². The predicted octanol–water partition coefficient (Wildman–Crippen LogP) is 2.81. The van der Waals surface area contributed by atoms with Crippen molar-refractivity contribution in [1.29, 1.82) is 0 Å². The third-order valence-electron chi connectivity index (χ3n) is 3.93. The molecule has 0 radical (unpaired) electrons. The number of hydrogen-bond acceptors (Lipinski definition) is 4. The van der Waals surface area contributed by atoms with Gasteiger partial charge in [-0.3, -0.25) is 0 Å². The van der Waals surface area contributed by atoms with Crippen LogP contribution in [0.25, 0.3) is 0 Å². The molecule has 18 heavy (non-hydrogen) atoms. The smallest absolute Gasteiger partial charge is 0.135 e. The molecule has 1 fully saturated rings. The van der Waals surface area contributed by atoms with Crippen molar-refractivity contribution in [2.45, 2.75) is 52.5 Å². The van der Waals surface area contributed by atoms with Gasteiger partial charge in [-0.05, 0) is 25.7 Å². The van der Waals surface area contributed by atoms with E-state index >= 15 is 0 Å². The number of aromatic nitrogens is 2. The van der Waals surface area contributed by atoms with E-state index < -0.39 is 0 Å². The van der Waals surface area contributed by atoms with Crippen LogP contribution in [-0.4, -0.2) is 22.6 Å². The number of nitrogen functional groups attached to an aromatic ring is 1. The highest BCUT2D eigenvalue weighted by Gasteiger charge is 2.26. The van der Waals surface area contributed by atoms with Gasteiger partial charge in [0.2, 0.25) is 0 Å². The molecule has 1 saturated heterocycles. The summed E-state index contributed by atoms with van der Waals surface area (Å²) in [6.45, 7) is 9.85. The van der Waals surface area contributed by atoms with Gasteiger partial charge in [-0.25, -0.2) is 9.97 Å². The third kappa shape index (κ3) is 2.57. The molecule has 1 aliphatic rings. The van der Waals surface area contributed by atoms with Gasteiger partial charge < -0.3 is 10.6 Å². The maximum absolute atomic E-state index is 5.91. The Labute approximate surface area is 110 Å². The first-order valence-electron chi connectivity index (χ1n) is 6.90. The number of hydrogen-bond donors (Lipinski definition) is 1. The van der Waals surface area contributed by atoms with Crippen LogP contribution >= 0.6 is 0 Å². The van der Waals surface area contributed by atoms with Crippen molar-refractivity contribution in [2.24, 2.45) is 5.92 Å². The van der Waals surface area contributed by atoms with Gasteiger partial charge >= 0.3 is 0 Å². The predicted molar refractivity (Wildman–Crippen MR) is 75.7 cm³/mol. The van der Waals surface area contributed by atoms with Crippen LogP contribution in [-0.2, 0) is 0 Å². The Hall–Kier alpha value is -1.32. The fourth-order valence-corrected chi connectivity index (χ4v) is 2.54. The molecule has 1 aromatic heterocycles. The molecule has 2 unspecified atom stereocenters. The molecular formula is C14H24N4. The van der Waals surface area contributed by atoms with Crippen molar-refractivity contribution < 1.29 is 0 Å². The highest BCUT2D eigenvalue weighted by Crippen LogP contribution is 2.28. The first-order valence-corrected chi connectivity index (χ1v) is 6.90. The van der Waals surface area contributed by atoms with Crippen molar-refractivity contribution in [2.75, 3.05) is 17.2 Å². The first kappa shape index (κ1) is 13.1. The standard InChI is InChI=1S/C14H24N4/c1-9(2)14-16-12(15)8-13(17-14)18-7-5-6-10(3)11(18)4/h8-11H,5-7H2,1-4H3,(H2,15,16,17). The average molecular weight is 248 g/mol. The number of nitrogens with two attached hydrogens (primary N) is 1. The zero-order valence-electron chi connectivity index (χ0n) is 11.8. The van der Waals surface area contributed by atoms with Crippen molar-refractivity contribution in [3.05, 3.63) is 11.9 Å². The average Bonchev–Trinajstić information content (AvgIpc) is 2.31. The van der Waals surface area contributed by atoms with Gasteiger partial charge in [-0.2, -0.15) is 0 Å². The van der Waals surface area contributed by atoms with E-state index in [0.717, 1.165) is 18.2 Å².